The Morgan fingerprint density at radius 3 is 2.13 bits per heavy atom. The molecule has 4 unspecified atom stereocenters. The van der Waals surface area contributed by atoms with Gasteiger partial charge >= 0.3 is 5.97 Å². The van der Waals surface area contributed by atoms with Gasteiger partial charge in [-0.15, -0.1) is 0 Å². The van der Waals surface area contributed by atoms with Crippen LogP contribution in [0.3, 0.4) is 0 Å². The number of hydrogen-bond acceptors (Lipinski definition) is 7. The molecular formula is C17H33N7O6. The third-order valence-electron chi connectivity index (χ3n) is 4.37. The Kier molecular flexibility index (Phi) is 12.7. The van der Waals surface area contributed by atoms with Gasteiger partial charge in [0.25, 0.3) is 0 Å². The number of amides is 3. The minimum atomic E-state index is -1.51. The molecule has 3 amide bonds. The molecule has 0 fully saturated rings. The van der Waals surface area contributed by atoms with E-state index in [1.54, 1.807) is 13.8 Å². The molecule has 11 N–H and O–H groups in total. The molecule has 0 aliphatic carbocycles. The molecule has 172 valence electrons. The minimum absolute atomic E-state index is 0.104. The van der Waals surface area contributed by atoms with Crippen LogP contribution in [0, 0.1) is 5.92 Å². The lowest BCUT2D eigenvalue weighted by Crippen LogP contribution is -2.58. The highest BCUT2D eigenvalue weighted by Crippen LogP contribution is 2.10. The second kappa shape index (κ2) is 14.1. The molecule has 0 rings (SSSR count). The standard InChI is InChI=1S/C17H33N7O6/c1-3-9(2)13(15(28)23-11(8-25)16(29)30)24-14(27)10(22-12(26)7-18)5-4-6-21-17(19)20/h9-11,13,25H,3-8,18H2,1-2H3,(H,22,26)(H,23,28)(H,24,27)(H,29,30)(H4,19,20,21). The molecule has 0 heterocycles. The Balaban J connectivity index is 5.33. The summed E-state index contributed by atoms with van der Waals surface area (Å²) in [5.41, 5.74) is 15.8. The maximum Gasteiger partial charge on any atom is 0.328 e. The molecule has 0 radical (unpaired) electrons. The van der Waals surface area contributed by atoms with E-state index in [0.717, 1.165) is 0 Å². The number of carboxylic acid groups (broad SMARTS) is 1. The summed E-state index contributed by atoms with van der Waals surface area (Å²) in [5.74, 6) is -3.83. The summed E-state index contributed by atoms with van der Waals surface area (Å²) in [4.78, 5) is 51.8. The largest absolute Gasteiger partial charge is 0.480 e. The summed E-state index contributed by atoms with van der Waals surface area (Å²) < 4.78 is 0. The van der Waals surface area contributed by atoms with E-state index in [0.29, 0.717) is 12.8 Å². The Morgan fingerprint density at radius 1 is 1.03 bits per heavy atom. The number of guanidine groups is 1. The van der Waals surface area contributed by atoms with E-state index in [4.69, 9.17) is 27.4 Å². The van der Waals surface area contributed by atoms with E-state index in [9.17, 15) is 19.2 Å². The van der Waals surface area contributed by atoms with E-state index in [1.807, 2.05) is 0 Å². The van der Waals surface area contributed by atoms with Gasteiger partial charge in [0.15, 0.2) is 5.96 Å². The molecule has 13 heteroatoms. The van der Waals surface area contributed by atoms with Crippen LogP contribution in [0.2, 0.25) is 0 Å². The number of hydrogen-bond donors (Lipinski definition) is 8. The smallest absolute Gasteiger partial charge is 0.328 e. The SMILES string of the molecule is CCC(C)C(NC(=O)C(CCCN=C(N)N)NC(=O)CN)C(=O)NC(CO)C(=O)O. The third-order valence-corrected chi connectivity index (χ3v) is 4.37. The van der Waals surface area contributed by atoms with Crippen molar-refractivity contribution in [2.45, 2.75) is 51.2 Å². The zero-order chi connectivity index (χ0) is 23.3. The fourth-order valence-electron chi connectivity index (χ4n) is 2.43. The monoisotopic (exact) mass is 431 g/mol. The normalized spacial score (nSPS) is 14.5. The Hall–Kier alpha value is -2.93. The van der Waals surface area contributed by atoms with Crippen LogP contribution in [0.5, 0.6) is 0 Å². The summed E-state index contributed by atoms with van der Waals surface area (Å²) >= 11 is 0. The van der Waals surface area contributed by atoms with Crippen molar-refractivity contribution in [3.8, 4) is 0 Å². The van der Waals surface area contributed by atoms with Crippen LogP contribution in [0.25, 0.3) is 0 Å². The van der Waals surface area contributed by atoms with Gasteiger partial charge < -0.3 is 43.4 Å². The van der Waals surface area contributed by atoms with Crippen molar-refractivity contribution in [3.63, 3.8) is 0 Å². The molecule has 0 aliphatic heterocycles. The maximum absolute atomic E-state index is 12.7. The third kappa shape index (κ3) is 10.0. The molecule has 0 saturated heterocycles. The summed E-state index contributed by atoms with van der Waals surface area (Å²) in [5, 5.41) is 25.3. The molecule has 0 aromatic rings. The van der Waals surface area contributed by atoms with E-state index in [2.05, 4.69) is 20.9 Å². The predicted octanol–water partition coefficient (Wildman–Crippen LogP) is -3.42. The van der Waals surface area contributed by atoms with Crippen molar-refractivity contribution in [2.75, 3.05) is 19.7 Å². The van der Waals surface area contributed by atoms with Gasteiger partial charge in [-0.1, -0.05) is 20.3 Å². The van der Waals surface area contributed by atoms with E-state index in [-0.39, 0.29) is 31.4 Å². The fraction of sp³-hybridized carbons (Fsp3) is 0.706. The van der Waals surface area contributed by atoms with E-state index < -0.39 is 48.4 Å². The molecule has 0 aliphatic rings. The number of rotatable bonds is 14. The van der Waals surface area contributed by atoms with Crippen LogP contribution in [0.15, 0.2) is 4.99 Å². The lowest BCUT2D eigenvalue weighted by molar-refractivity contribution is -0.143. The average molecular weight is 431 g/mol. The predicted molar refractivity (Wildman–Crippen MR) is 109 cm³/mol. The van der Waals surface area contributed by atoms with Crippen molar-refractivity contribution in [2.24, 2.45) is 28.1 Å². The summed E-state index contributed by atoms with van der Waals surface area (Å²) in [6.07, 6.45) is 1.05. The minimum Gasteiger partial charge on any atom is -0.480 e. The lowest BCUT2D eigenvalue weighted by Gasteiger charge is -2.27. The summed E-state index contributed by atoms with van der Waals surface area (Å²) in [7, 11) is 0. The van der Waals surface area contributed by atoms with Crippen molar-refractivity contribution in [1.82, 2.24) is 16.0 Å². The second-order valence-electron chi connectivity index (χ2n) is 6.73. The lowest BCUT2D eigenvalue weighted by atomic mass is 9.97. The summed E-state index contributed by atoms with van der Waals surface area (Å²) in [6, 6.07) is -3.58. The van der Waals surface area contributed by atoms with E-state index in [1.165, 1.54) is 0 Å². The first-order valence-corrected chi connectivity index (χ1v) is 9.56. The molecule has 0 aromatic carbocycles. The highest BCUT2D eigenvalue weighted by molar-refractivity contribution is 5.93. The van der Waals surface area contributed by atoms with Crippen LogP contribution in [-0.4, -0.2) is 77.7 Å². The van der Waals surface area contributed by atoms with Crippen molar-refractivity contribution < 1.29 is 29.4 Å². The van der Waals surface area contributed by atoms with Crippen LogP contribution >= 0.6 is 0 Å². The number of nitrogens with zero attached hydrogens (tertiary/aromatic N) is 1. The highest BCUT2D eigenvalue weighted by Gasteiger charge is 2.31. The second-order valence-corrected chi connectivity index (χ2v) is 6.73. The zero-order valence-electron chi connectivity index (χ0n) is 17.3. The van der Waals surface area contributed by atoms with Gasteiger partial charge in [-0.2, -0.15) is 0 Å². The number of carbonyl (C=O) groups is 4. The maximum atomic E-state index is 12.7. The number of carboxylic acids is 1. The molecule has 13 nitrogen and oxygen atoms in total. The van der Waals surface area contributed by atoms with Gasteiger partial charge in [0.2, 0.25) is 17.7 Å². The van der Waals surface area contributed by atoms with Gasteiger partial charge in [0.1, 0.15) is 18.1 Å². The fourth-order valence-corrected chi connectivity index (χ4v) is 2.43. The van der Waals surface area contributed by atoms with Gasteiger partial charge in [0.05, 0.1) is 13.2 Å². The molecule has 0 saturated carbocycles. The average Bonchev–Trinajstić information content (AvgIpc) is 2.70. The topological polar surface area (TPSA) is 235 Å². The number of nitrogens with one attached hydrogen (secondary N) is 3. The molecule has 0 bridgehead atoms. The molecule has 0 spiro atoms. The first-order chi connectivity index (χ1) is 14.1. The number of nitrogens with two attached hydrogens (primary N) is 3. The van der Waals surface area contributed by atoms with Crippen LogP contribution in [0.1, 0.15) is 33.1 Å². The van der Waals surface area contributed by atoms with Crippen LogP contribution < -0.4 is 33.2 Å². The zero-order valence-corrected chi connectivity index (χ0v) is 17.3. The highest BCUT2D eigenvalue weighted by atomic mass is 16.4. The quantitative estimate of drug-likeness (QED) is 0.0775. The van der Waals surface area contributed by atoms with Crippen LogP contribution in [0.4, 0.5) is 0 Å². The van der Waals surface area contributed by atoms with Gasteiger partial charge in [-0.05, 0) is 18.8 Å². The number of aliphatic hydroxyl groups is 1. The number of carbonyl (C=O) groups excluding carboxylic acids is 3. The summed E-state index contributed by atoms with van der Waals surface area (Å²) in [6.45, 7) is 2.59. The Labute approximate surface area is 174 Å². The number of aliphatic carboxylic acids is 1. The molecular weight excluding hydrogens is 398 g/mol. The number of aliphatic imine (C=N–C) groups is 1. The number of aliphatic hydroxyl groups excluding tert-OH is 1. The van der Waals surface area contributed by atoms with Crippen molar-refractivity contribution in [3.05, 3.63) is 0 Å². The van der Waals surface area contributed by atoms with Gasteiger partial charge in [-0.25, -0.2) is 4.79 Å². The van der Waals surface area contributed by atoms with E-state index >= 15 is 0 Å². The molecule has 0 aromatic heterocycles. The van der Waals surface area contributed by atoms with Gasteiger partial charge in [0, 0.05) is 6.54 Å². The molecule has 30 heavy (non-hydrogen) atoms. The van der Waals surface area contributed by atoms with Crippen molar-refractivity contribution in [1.29, 1.82) is 0 Å². The van der Waals surface area contributed by atoms with Crippen LogP contribution in [-0.2, 0) is 19.2 Å². The first-order valence-electron chi connectivity index (χ1n) is 9.56. The Bertz CT molecular complexity index is 624. The first kappa shape index (κ1) is 27.1. The van der Waals surface area contributed by atoms with Gasteiger partial charge in [-0.3, -0.25) is 19.4 Å². The van der Waals surface area contributed by atoms with Crippen molar-refractivity contribution >= 4 is 29.7 Å². The molecule has 4 atom stereocenters. The Morgan fingerprint density at radius 2 is 1.67 bits per heavy atom.